The Bertz CT molecular complexity index is 690. The highest BCUT2D eigenvalue weighted by atomic mass is 127. The van der Waals surface area contributed by atoms with Gasteiger partial charge in [-0.1, -0.05) is 0 Å². The van der Waals surface area contributed by atoms with Gasteiger partial charge in [0.2, 0.25) is 0 Å². The van der Waals surface area contributed by atoms with Gasteiger partial charge in [-0.05, 0) is 86.3 Å². The number of alkyl halides is 5. The summed E-state index contributed by atoms with van der Waals surface area (Å²) in [5, 5.41) is 0. The molecule has 27 heavy (non-hydrogen) atoms. The van der Waals surface area contributed by atoms with Crippen LogP contribution >= 0.6 is 67.8 Å². The molecule has 0 amide bonds. The Morgan fingerprint density at radius 3 is 2.22 bits per heavy atom. The molecule has 4 nitrogen and oxygen atoms in total. The van der Waals surface area contributed by atoms with Crippen LogP contribution < -0.4 is 0 Å². The molecule has 0 saturated carbocycles. The van der Waals surface area contributed by atoms with Crippen molar-refractivity contribution in [1.82, 2.24) is 0 Å². The molecule has 1 rings (SSSR count). The number of carbonyl (C=O) groups is 2. The first kappa shape index (κ1) is 25.0. The van der Waals surface area contributed by atoms with Gasteiger partial charge in [0.25, 0.3) is 12.0 Å². The zero-order chi connectivity index (χ0) is 21.0. The monoisotopic (exact) mass is 732 g/mol. The van der Waals surface area contributed by atoms with Gasteiger partial charge in [0.1, 0.15) is 0 Å². The molecule has 1 unspecified atom stereocenters. The summed E-state index contributed by atoms with van der Waals surface area (Å²) in [6, 6.07) is 3.47. The third kappa shape index (κ3) is 8.10. The van der Waals surface area contributed by atoms with Crippen molar-refractivity contribution >= 4 is 79.7 Å². The average molecular weight is 732 g/mol. The maximum atomic E-state index is 13.0. The molecule has 0 aliphatic carbocycles. The number of rotatable bonds is 7. The smallest absolute Gasteiger partial charge is 0.431 e. The zero-order valence-electron chi connectivity index (χ0n) is 13.5. The van der Waals surface area contributed by atoms with E-state index in [1.165, 1.54) is 0 Å². The van der Waals surface area contributed by atoms with Crippen molar-refractivity contribution in [1.29, 1.82) is 0 Å². The number of halogens is 8. The van der Waals surface area contributed by atoms with Gasteiger partial charge >= 0.3 is 18.1 Å². The number of esters is 2. The van der Waals surface area contributed by atoms with Gasteiger partial charge in [-0.15, -0.1) is 0 Å². The van der Waals surface area contributed by atoms with E-state index >= 15 is 0 Å². The summed E-state index contributed by atoms with van der Waals surface area (Å²) in [6.07, 6.45) is -9.67. The van der Waals surface area contributed by atoms with Crippen LogP contribution in [0.15, 0.2) is 12.1 Å². The normalized spacial score (nSPS) is 13.2. The number of carbonyl (C=O) groups excluding carboxylic acids is 2. The van der Waals surface area contributed by atoms with Crippen molar-refractivity contribution < 1.29 is 41.0 Å². The molecule has 0 aromatic heterocycles. The number of hydrogen-bond donors (Lipinski definition) is 0. The van der Waals surface area contributed by atoms with E-state index in [0.29, 0.717) is 9.13 Å². The van der Waals surface area contributed by atoms with Gasteiger partial charge in [0.05, 0.1) is 12.2 Å². The summed E-state index contributed by atoms with van der Waals surface area (Å²) >= 11 is 6.05. The molecule has 0 bridgehead atoms. The summed E-state index contributed by atoms with van der Waals surface area (Å²) in [5.74, 6) is -6.37. The molecule has 0 radical (unpaired) electrons. The van der Waals surface area contributed by atoms with Crippen molar-refractivity contribution in [3.8, 4) is 0 Å². The van der Waals surface area contributed by atoms with Crippen LogP contribution in [0, 0.1) is 10.7 Å². The molecule has 1 aromatic rings. The first-order valence-corrected chi connectivity index (χ1v) is 10.4. The van der Waals surface area contributed by atoms with Gasteiger partial charge in [-0.25, -0.2) is 13.6 Å². The Morgan fingerprint density at radius 1 is 1.11 bits per heavy atom. The fourth-order valence-electron chi connectivity index (χ4n) is 1.81. The van der Waals surface area contributed by atoms with E-state index in [-0.39, 0.29) is 20.0 Å². The lowest BCUT2D eigenvalue weighted by molar-refractivity contribution is -0.273. The van der Waals surface area contributed by atoms with Gasteiger partial charge in [0.15, 0.2) is 0 Å². The van der Waals surface area contributed by atoms with Crippen molar-refractivity contribution in [3.63, 3.8) is 0 Å². The molecule has 12 heteroatoms. The quantitative estimate of drug-likeness (QED) is 0.121. The average Bonchev–Trinajstić information content (AvgIpc) is 2.50. The molecule has 152 valence electrons. The second-order valence-corrected chi connectivity index (χ2v) is 8.84. The summed E-state index contributed by atoms with van der Waals surface area (Å²) in [6.45, 7) is -0.254. The number of ether oxygens (including phenoxy) is 2. The molecule has 0 N–H and O–H groups in total. The second-order valence-electron chi connectivity index (χ2n) is 5.36. The van der Waals surface area contributed by atoms with E-state index in [9.17, 15) is 31.5 Å². The van der Waals surface area contributed by atoms with Gasteiger partial charge < -0.3 is 9.47 Å². The van der Waals surface area contributed by atoms with Crippen LogP contribution in [0.25, 0.3) is 0 Å². The van der Waals surface area contributed by atoms with Crippen LogP contribution in [-0.2, 0) is 14.3 Å². The first-order chi connectivity index (χ1) is 12.2. The van der Waals surface area contributed by atoms with Crippen molar-refractivity contribution in [2.24, 2.45) is 0 Å². The van der Waals surface area contributed by atoms with E-state index in [1.54, 1.807) is 6.07 Å². The Morgan fingerprint density at radius 2 is 1.70 bits per heavy atom. The van der Waals surface area contributed by atoms with E-state index in [0.717, 1.165) is 7.14 Å². The minimum atomic E-state index is -5.39. The molecule has 0 saturated heterocycles. The fourth-order valence-corrected chi connectivity index (χ4v) is 4.19. The van der Waals surface area contributed by atoms with Crippen molar-refractivity contribution in [3.05, 3.63) is 28.4 Å². The zero-order valence-corrected chi connectivity index (χ0v) is 20.0. The Hall–Kier alpha value is 0.0000000000000000555. The highest BCUT2D eigenvalue weighted by molar-refractivity contribution is 14.1. The maximum absolute atomic E-state index is 13.0. The predicted octanol–water partition coefficient (Wildman–Crippen LogP) is 5.57. The molecule has 0 fully saturated rings. The summed E-state index contributed by atoms with van der Waals surface area (Å²) in [4.78, 5) is 23.5. The Balaban J connectivity index is 2.54. The van der Waals surface area contributed by atoms with Gasteiger partial charge in [0, 0.05) is 24.1 Å². The predicted molar refractivity (Wildman–Crippen MR) is 111 cm³/mol. The Kier molecular flexibility index (Phi) is 9.42. The SMILES string of the molecule is CC(F)(F)C(OC(=O)CCCOC(=O)c1cc(I)cc(I)c1I)C(F)(F)F. The highest BCUT2D eigenvalue weighted by Crippen LogP contribution is 2.34. The largest absolute Gasteiger partial charge is 0.462 e. The van der Waals surface area contributed by atoms with Crippen LogP contribution in [0.2, 0.25) is 0 Å². The highest BCUT2D eigenvalue weighted by Gasteiger charge is 2.56. The summed E-state index contributed by atoms with van der Waals surface area (Å²) in [5.41, 5.74) is 0.317. The Labute approximate surface area is 192 Å². The molecule has 0 aliphatic rings. The number of benzene rings is 1. The molecule has 1 atom stereocenters. The standard InChI is InChI=1S/C15H12F5I3O4/c1-14(16,17)13(15(18,19)20)27-10(24)3-2-4-26-12(25)8-5-7(21)6-9(22)11(8)23/h5-6,13H,2-4H2,1H3. The van der Waals surface area contributed by atoms with E-state index in [2.05, 4.69) is 27.3 Å². The van der Waals surface area contributed by atoms with E-state index < -0.39 is 36.6 Å². The molecule has 1 aromatic carbocycles. The van der Waals surface area contributed by atoms with Crippen LogP contribution in [0.4, 0.5) is 22.0 Å². The summed E-state index contributed by atoms with van der Waals surface area (Å²) in [7, 11) is 0. The van der Waals surface area contributed by atoms with Crippen molar-refractivity contribution in [2.45, 2.75) is 38.0 Å². The van der Waals surface area contributed by atoms with Crippen LogP contribution in [0.1, 0.15) is 30.1 Å². The van der Waals surface area contributed by atoms with Crippen LogP contribution in [0.5, 0.6) is 0 Å². The lowest BCUT2D eigenvalue weighted by atomic mass is 10.2. The fraction of sp³-hybridized carbons (Fsp3) is 0.467. The van der Waals surface area contributed by atoms with Crippen LogP contribution in [0.3, 0.4) is 0 Å². The van der Waals surface area contributed by atoms with Crippen molar-refractivity contribution in [2.75, 3.05) is 6.61 Å². The summed E-state index contributed by atoms with van der Waals surface area (Å²) < 4.78 is 74.7. The maximum Gasteiger partial charge on any atom is 0.431 e. The first-order valence-electron chi connectivity index (χ1n) is 7.19. The third-order valence-corrected chi connectivity index (χ3v) is 6.65. The molecular weight excluding hydrogens is 720 g/mol. The third-order valence-electron chi connectivity index (χ3n) is 2.98. The van der Waals surface area contributed by atoms with Crippen LogP contribution in [-0.4, -0.2) is 36.7 Å². The second kappa shape index (κ2) is 10.2. The minimum Gasteiger partial charge on any atom is -0.462 e. The lowest BCUT2D eigenvalue weighted by Crippen LogP contribution is -2.46. The molecular formula is C15H12F5I3O4. The molecule has 0 aliphatic heterocycles. The lowest BCUT2D eigenvalue weighted by Gasteiger charge is -2.25. The van der Waals surface area contributed by atoms with E-state index in [4.69, 9.17) is 4.74 Å². The molecule has 0 spiro atoms. The van der Waals surface area contributed by atoms with E-state index in [1.807, 2.05) is 51.2 Å². The minimum absolute atomic E-state index is 0.0183. The van der Waals surface area contributed by atoms with Gasteiger partial charge in [-0.3, -0.25) is 4.79 Å². The number of hydrogen-bond acceptors (Lipinski definition) is 4. The van der Waals surface area contributed by atoms with Gasteiger partial charge in [-0.2, -0.15) is 13.2 Å². The topological polar surface area (TPSA) is 52.6 Å². The molecule has 0 heterocycles.